The molecule has 0 aliphatic carbocycles. The van der Waals surface area contributed by atoms with Crippen molar-refractivity contribution in [1.29, 1.82) is 0 Å². The standard InChI is InChI=1S/C24H21ClN4O2/c25-18-8-9-21-20(15-18)24(31)29-10-4-7-19(22(29)26-21)23(30)28-13-11-27(12-14-28)16-17-5-2-1-3-6-17/h1-10,15H,11-14,16H2/p+1. The van der Waals surface area contributed by atoms with Gasteiger partial charge in [0.05, 0.1) is 42.6 Å². The summed E-state index contributed by atoms with van der Waals surface area (Å²) in [5, 5.41) is 0.919. The van der Waals surface area contributed by atoms with Gasteiger partial charge in [-0.3, -0.25) is 14.0 Å². The van der Waals surface area contributed by atoms with E-state index < -0.39 is 0 Å². The average molecular weight is 434 g/mol. The van der Waals surface area contributed by atoms with Crippen LogP contribution >= 0.6 is 11.6 Å². The second kappa shape index (κ2) is 8.13. The lowest BCUT2D eigenvalue weighted by atomic mass is 10.1. The van der Waals surface area contributed by atoms with Gasteiger partial charge in [-0.05, 0) is 30.3 Å². The number of carbonyl (C=O) groups is 1. The number of fused-ring (bicyclic) bond motifs is 2. The van der Waals surface area contributed by atoms with Gasteiger partial charge in [-0.25, -0.2) is 4.98 Å². The highest BCUT2D eigenvalue weighted by molar-refractivity contribution is 6.31. The van der Waals surface area contributed by atoms with Crippen LogP contribution in [0.25, 0.3) is 16.6 Å². The first-order chi connectivity index (χ1) is 15.1. The summed E-state index contributed by atoms with van der Waals surface area (Å²) >= 11 is 6.05. The van der Waals surface area contributed by atoms with Crippen molar-refractivity contribution in [2.45, 2.75) is 6.54 Å². The van der Waals surface area contributed by atoms with Crippen molar-refractivity contribution in [3.05, 3.63) is 93.4 Å². The van der Waals surface area contributed by atoms with Crippen LogP contribution in [0.15, 0.2) is 71.7 Å². The number of halogens is 1. The molecule has 3 heterocycles. The first-order valence-electron chi connectivity index (χ1n) is 10.4. The molecule has 2 aromatic carbocycles. The Hall–Kier alpha value is -3.22. The van der Waals surface area contributed by atoms with Crippen LogP contribution in [0.5, 0.6) is 0 Å². The van der Waals surface area contributed by atoms with Crippen LogP contribution < -0.4 is 10.5 Å². The summed E-state index contributed by atoms with van der Waals surface area (Å²) in [5.74, 6) is -0.0860. The van der Waals surface area contributed by atoms with Gasteiger partial charge < -0.3 is 9.80 Å². The van der Waals surface area contributed by atoms with Crippen molar-refractivity contribution >= 4 is 34.1 Å². The van der Waals surface area contributed by atoms with E-state index in [0.29, 0.717) is 40.2 Å². The maximum Gasteiger partial charge on any atom is 0.265 e. The predicted molar refractivity (Wildman–Crippen MR) is 121 cm³/mol. The zero-order chi connectivity index (χ0) is 21.4. The van der Waals surface area contributed by atoms with E-state index in [2.05, 4.69) is 29.2 Å². The van der Waals surface area contributed by atoms with E-state index in [0.717, 1.165) is 19.6 Å². The zero-order valence-corrected chi connectivity index (χ0v) is 17.7. The molecule has 0 unspecified atom stereocenters. The van der Waals surface area contributed by atoms with E-state index in [1.807, 2.05) is 11.0 Å². The second-order valence-electron chi connectivity index (χ2n) is 7.90. The van der Waals surface area contributed by atoms with Gasteiger partial charge in [0.15, 0.2) is 5.65 Å². The van der Waals surface area contributed by atoms with Gasteiger partial charge in [-0.15, -0.1) is 0 Å². The largest absolute Gasteiger partial charge is 0.328 e. The number of rotatable bonds is 3. The molecule has 6 nitrogen and oxygen atoms in total. The van der Waals surface area contributed by atoms with E-state index in [1.165, 1.54) is 14.9 Å². The van der Waals surface area contributed by atoms with Crippen LogP contribution in [0.1, 0.15) is 15.9 Å². The summed E-state index contributed by atoms with van der Waals surface area (Å²) in [6.45, 7) is 4.09. The lowest BCUT2D eigenvalue weighted by molar-refractivity contribution is -0.917. The van der Waals surface area contributed by atoms with Crippen molar-refractivity contribution in [3.8, 4) is 0 Å². The molecule has 31 heavy (non-hydrogen) atoms. The van der Waals surface area contributed by atoms with Crippen LogP contribution in [0, 0.1) is 0 Å². The molecule has 0 spiro atoms. The Morgan fingerprint density at radius 3 is 2.58 bits per heavy atom. The molecule has 1 saturated heterocycles. The lowest BCUT2D eigenvalue weighted by Crippen LogP contribution is -3.13. The number of carbonyl (C=O) groups excluding carboxylic acids is 1. The molecular weight excluding hydrogens is 412 g/mol. The van der Waals surface area contributed by atoms with E-state index in [4.69, 9.17) is 11.6 Å². The molecule has 1 aliphatic heterocycles. The molecule has 0 radical (unpaired) electrons. The second-order valence-corrected chi connectivity index (χ2v) is 8.33. The molecular formula is C24H22ClN4O2+. The van der Waals surface area contributed by atoms with E-state index >= 15 is 0 Å². The third kappa shape index (κ3) is 3.80. The Morgan fingerprint density at radius 2 is 1.81 bits per heavy atom. The Morgan fingerprint density at radius 1 is 1.03 bits per heavy atom. The van der Waals surface area contributed by atoms with Gasteiger partial charge in [0, 0.05) is 16.8 Å². The smallest absolute Gasteiger partial charge is 0.265 e. The van der Waals surface area contributed by atoms with Crippen LogP contribution in [0.2, 0.25) is 5.02 Å². The number of nitrogens with one attached hydrogen (secondary N) is 1. The van der Waals surface area contributed by atoms with Gasteiger partial charge in [-0.1, -0.05) is 41.9 Å². The van der Waals surface area contributed by atoms with Crippen LogP contribution in [0.4, 0.5) is 0 Å². The van der Waals surface area contributed by atoms with Crippen LogP contribution in [-0.4, -0.2) is 46.4 Å². The number of aromatic nitrogens is 2. The monoisotopic (exact) mass is 433 g/mol. The number of benzene rings is 2. The van der Waals surface area contributed by atoms with Crippen molar-refractivity contribution in [2.75, 3.05) is 26.2 Å². The highest BCUT2D eigenvalue weighted by Crippen LogP contribution is 2.18. The van der Waals surface area contributed by atoms with E-state index in [1.54, 1.807) is 36.5 Å². The first-order valence-corrected chi connectivity index (χ1v) is 10.8. The summed E-state index contributed by atoms with van der Waals surface area (Å²) in [5.41, 5.74) is 2.44. The average Bonchev–Trinajstić information content (AvgIpc) is 2.80. The fourth-order valence-corrected chi connectivity index (χ4v) is 4.40. The molecule has 1 N–H and O–H groups in total. The minimum absolute atomic E-state index is 0.0860. The minimum atomic E-state index is -0.228. The maximum absolute atomic E-state index is 13.3. The number of nitrogens with zero attached hydrogens (tertiary/aromatic N) is 3. The molecule has 156 valence electrons. The normalized spacial score (nSPS) is 14.9. The molecule has 7 heteroatoms. The third-order valence-corrected chi connectivity index (χ3v) is 6.12. The quantitative estimate of drug-likeness (QED) is 0.503. The minimum Gasteiger partial charge on any atom is -0.328 e. The van der Waals surface area contributed by atoms with Gasteiger partial charge in [0.25, 0.3) is 11.5 Å². The highest BCUT2D eigenvalue weighted by atomic mass is 35.5. The molecule has 2 aromatic heterocycles. The number of pyridine rings is 1. The molecule has 0 saturated carbocycles. The van der Waals surface area contributed by atoms with Gasteiger partial charge >= 0.3 is 0 Å². The molecule has 0 atom stereocenters. The van der Waals surface area contributed by atoms with Gasteiger partial charge in [0.1, 0.15) is 6.54 Å². The number of piperazine rings is 1. The number of amides is 1. The maximum atomic E-state index is 13.3. The zero-order valence-electron chi connectivity index (χ0n) is 16.9. The summed E-state index contributed by atoms with van der Waals surface area (Å²) in [6.07, 6.45) is 1.64. The highest BCUT2D eigenvalue weighted by Gasteiger charge is 2.26. The third-order valence-electron chi connectivity index (χ3n) is 5.89. The summed E-state index contributed by atoms with van der Waals surface area (Å²) in [6, 6.07) is 18.9. The van der Waals surface area contributed by atoms with Crippen LogP contribution in [-0.2, 0) is 6.54 Å². The lowest BCUT2D eigenvalue weighted by Gasteiger charge is -2.32. The van der Waals surface area contributed by atoms with Crippen molar-refractivity contribution in [2.24, 2.45) is 0 Å². The van der Waals surface area contributed by atoms with Crippen molar-refractivity contribution < 1.29 is 9.69 Å². The molecule has 1 fully saturated rings. The molecule has 1 amide bonds. The fourth-order valence-electron chi connectivity index (χ4n) is 4.22. The fraction of sp³-hybridized carbons (Fsp3) is 0.208. The number of quaternary nitrogens is 1. The van der Waals surface area contributed by atoms with Crippen LogP contribution in [0.3, 0.4) is 0 Å². The van der Waals surface area contributed by atoms with Crippen molar-refractivity contribution in [1.82, 2.24) is 14.3 Å². The topological polar surface area (TPSA) is 59.1 Å². The van der Waals surface area contributed by atoms with Gasteiger partial charge in [0.2, 0.25) is 0 Å². The molecule has 1 aliphatic rings. The molecule has 0 bridgehead atoms. The predicted octanol–water partition coefficient (Wildman–Crippen LogP) is 2.04. The Labute approximate surface area is 184 Å². The Kier molecular flexibility index (Phi) is 5.18. The van der Waals surface area contributed by atoms with Gasteiger partial charge in [-0.2, -0.15) is 0 Å². The van der Waals surface area contributed by atoms with Crippen molar-refractivity contribution in [3.63, 3.8) is 0 Å². The SMILES string of the molecule is O=C(c1cccn2c(=O)c3cc(Cl)ccc3nc12)N1CC[NH+](Cc2ccccc2)CC1. The summed E-state index contributed by atoms with van der Waals surface area (Å²) in [4.78, 5) is 34.2. The van der Waals surface area contributed by atoms with E-state index in [-0.39, 0.29) is 11.5 Å². The molecule has 4 aromatic rings. The summed E-state index contributed by atoms with van der Waals surface area (Å²) in [7, 11) is 0. The Bertz CT molecular complexity index is 1330. The first kappa shape index (κ1) is 19.7. The Balaban J connectivity index is 1.41. The number of hydrogen-bond donors (Lipinski definition) is 1. The molecule has 5 rings (SSSR count). The summed E-state index contributed by atoms with van der Waals surface area (Å²) < 4.78 is 1.43. The number of hydrogen-bond acceptors (Lipinski definition) is 3. The van der Waals surface area contributed by atoms with E-state index in [9.17, 15) is 9.59 Å².